The number of aromatic nitrogens is 3. The molecule has 4 aromatic rings. The Morgan fingerprint density at radius 2 is 1.92 bits per heavy atom. The van der Waals surface area contributed by atoms with Gasteiger partial charge in [-0.05, 0) is 67.2 Å². The van der Waals surface area contributed by atoms with Gasteiger partial charge in [-0.25, -0.2) is 9.37 Å². The van der Waals surface area contributed by atoms with Crippen LogP contribution in [-0.4, -0.2) is 37.0 Å². The summed E-state index contributed by atoms with van der Waals surface area (Å²) in [5.74, 6) is 0.0229. The van der Waals surface area contributed by atoms with Crippen LogP contribution in [0.2, 0.25) is 0 Å². The van der Waals surface area contributed by atoms with E-state index in [2.05, 4.69) is 20.6 Å². The van der Waals surface area contributed by atoms with Gasteiger partial charge in [-0.3, -0.25) is 9.78 Å². The number of para-hydroxylation sites is 1. The van der Waals surface area contributed by atoms with E-state index in [-0.39, 0.29) is 30.1 Å². The van der Waals surface area contributed by atoms with Gasteiger partial charge in [-0.2, -0.15) is 0 Å². The van der Waals surface area contributed by atoms with E-state index in [4.69, 9.17) is 12.2 Å². The van der Waals surface area contributed by atoms with Crippen molar-refractivity contribution >= 4 is 28.9 Å². The average molecular weight is 501 g/mol. The van der Waals surface area contributed by atoms with E-state index in [9.17, 15) is 9.18 Å². The molecule has 4 heterocycles. The fourth-order valence-electron chi connectivity index (χ4n) is 4.41. The van der Waals surface area contributed by atoms with Crippen LogP contribution in [0.15, 0.2) is 85.3 Å². The number of anilines is 1. The molecule has 1 fully saturated rings. The molecule has 0 unspecified atom stereocenters. The molecule has 1 aromatic carbocycles. The van der Waals surface area contributed by atoms with Crippen LogP contribution in [0, 0.1) is 12.7 Å². The van der Waals surface area contributed by atoms with Crippen molar-refractivity contribution in [3.63, 3.8) is 0 Å². The molecule has 1 saturated heterocycles. The molecule has 2 N–H and O–H groups in total. The minimum atomic E-state index is -0.472. The van der Waals surface area contributed by atoms with E-state index in [0.29, 0.717) is 11.7 Å². The molecular weight excluding hydrogens is 475 g/mol. The maximum atomic E-state index is 14.0. The first kappa shape index (κ1) is 23.6. The number of pyridine rings is 2. The molecule has 1 aliphatic heterocycles. The molecule has 7 nitrogen and oxygen atoms in total. The topological polar surface area (TPSA) is 75.1 Å². The Balaban J connectivity index is 1.44. The maximum absolute atomic E-state index is 14.0. The molecule has 0 bridgehead atoms. The second-order valence-corrected chi connectivity index (χ2v) is 8.98. The van der Waals surface area contributed by atoms with Crippen LogP contribution in [0.1, 0.15) is 35.5 Å². The van der Waals surface area contributed by atoms with Gasteiger partial charge in [0.05, 0.1) is 23.5 Å². The maximum Gasteiger partial charge on any atom is 0.226 e. The number of carbonyl (C=O) groups is 1. The van der Waals surface area contributed by atoms with E-state index in [1.807, 2.05) is 71.2 Å². The summed E-state index contributed by atoms with van der Waals surface area (Å²) >= 11 is 5.72. The number of aryl methyl sites for hydroxylation is 1. The Kier molecular flexibility index (Phi) is 6.73. The van der Waals surface area contributed by atoms with Crippen LogP contribution in [0.25, 0.3) is 5.82 Å². The summed E-state index contributed by atoms with van der Waals surface area (Å²) in [4.78, 5) is 23.9. The zero-order chi connectivity index (χ0) is 25.1. The third-order valence-corrected chi connectivity index (χ3v) is 6.50. The lowest BCUT2D eigenvalue weighted by Crippen LogP contribution is -2.33. The van der Waals surface area contributed by atoms with Crippen molar-refractivity contribution in [1.82, 2.24) is 24.8 Å². The fourth-order valence-corrected chi connectivity index (χ4v) is 4.74. The number of amides is 1. The van der Waals surface area contributed by atoms with Crippen LogP contribution >= 0.6 is 12.2 Å². The molecule has 0 radical (unpaired) electrons. The third kappa shape index (κ3) is 4.83. The Labute approximate surface area is 214 Å². The number of hydrogen-bond donors (Lipinski definition) is 2. The van der Waals surface area contributed by atoms with E-state index < -0.39 is 5.82 Å². The standard InChI is InChI=1S/C27H25FN6OS/c1-18-11-12-23(30-17-18)33-15-6-10-22(33)26-25(21-9-4-5-14-29-21)32-27(36)34(26)16-13-24(35)31-20-8-3-2-7-19(20)28/h2-12,14-15,17,25-26H,13,16H2,1H3,(H,31,35)(H,32,36)/t25-,26-/m1/s1. The molecule has 3 aromatic heterocycles. The molecule has 2 atom stereocenters. The summed E-state index contributed by atoms with van der Waals surface area (Å²) in [5.41, 5.74) is 3.04. The Morgan fingerprint density at radius 3 is 2.67 bits per heavy atom. The zero-order valence-corrected chi connectivity index (χ0v) is 20.5. The molecular formula is C27H25FN6OS. The predicted molar refractivity (Wildman–Crippen MR) is 140 cm³/mol. The van der Waals surface area contributed by atoms with Gasteiger partial charge in [0.1, 0.15) is 11.6 Å². The van der Waals surface area contributed by atoms with Crippen LogP contribution in [-0.2, 0) is 4.79 Å². The first-order valence-corrected chi connectivity index (χ1v) is 12.0. The molecule has 1 aliphatic rings. The number of carbonyl (C=O) groups excluding carboxylic acids is 1. The molecule has 0 aliphatic carbocycles. The Morgan fingerprint density at radius 1 is 1.08 bits per heavy atom. The summed E-state index contributed by atoms with van der Waals surface area (Å²) in [7, 11) is 0. The number of hydrogen-bond acceptors (Lipinski definition) is 4. The summed E-state index contributed by atoms with van der Waals surface area (Å²) in [6, 6.07) is 19.4. The highest BCUT2D eigenvalue weighted by Gasteiger charge is 2.41. The molecule has 36 heavy (non-hydrogen) atoms. The van der Waals surface area contributed by atoms with Gasteiger partial charge in [0.15, 0.2) is 5.11 Å². The highest BCUT2D eigenvalue weighted by molar-refractivity contribution is 7.80. The fraction of sp³-hybridized carbons (Fsp3) is 0.185. The van der Waals surface area contributed by atoms with Gasteiger partial charge in [-0.15, -0.1) is 0 Å². The van der Waals surface area contributed by atoms with Gasteiger partial charge in [-0.1, -0.05) is 24.3 Å². The highest BCUT2D eigenvalue weighted by Crippen LogP contribution is 2.39. The van der Waals surface area contributed by atoms with Crippen LogP contribution in [0.5, 0.6) is 0 Å². The molecule has 182 valence electrons. The number of halogens is 1. The van der Waals surface area contributed by atoms with Gasteiger partial charge in [0, 0.05) is 37.3 Å². The summed E-state index contributed by atoms with van der Waals surface area (Å²) in [5, 5.41) is 6.58. The second kappa shape index (κ2) is 10.2. The molecule has 0 spiro atoms. The lowest BCUT2D eigenvalue weighted by atomic mass is 10.0. The minimum Gasteiger partial charge on any atom is -0.352 e. The number of thiocarbonyl (C=S) groups is 1. The Hall–Kier alpha value is -4.11. The number of rotatable bonds is 7. The normalized spacial score (nSPS) is 17.2. The van der Waals surface area contributed by atoms with Crippen LogP contribution < -0.4 is 10.6 Å². The number of nitrogens with zero attached hydrogens (tertiary/aromatic N) is 4. The highest BCUT2D eigenvalue weighted by atomic mass is 32.1. The van der Waals surface area contributed by atoms with Crippen molar-refractivity contribution in [2.45, 2.75) is 25.4 Å². The van der Waals surface area contributed by atoms with Gasteiger partial charge < -0.3 is 20.1 Å². The monoisotopic (exact) mass is 500 g/mol. The van der Waals surface area contributed by atoms with Gasteiger partial charge in [0.2, 0.25) is 5.91 Å². The average Bonchev–Trinajstić information content (AvgIpc) is 3.49. The van der Waals surface area contributed by atoms with Crippen molar-refractivity contribution in [1.29, 1.82) is 0 Å². The van der Waals surface area contributed by atoms with E-state index in [1.54, 1.807) is 18.3 Å². The number of benzene rings is 1. The van der Waals surface area contributed by atoms with Crippen molar-refractivity contribution in [3.8, 4) is 5.82 Å². The zero-order valence-electron chi connectivity index (χ0n) is 19.6. The predicted octanol–water partition coefficient (Wildman–Crippen LogP) is 4.72. The molecule has 5 rings (SSSR count). The van der Waals surface area contributed by atoms with Gasteiger partial charge in [0.25, 0.3) is 0 Å². The third-order valence-electron chi connectivity index (χ3n) is 6.15. The summed E-state index contributed by atoms with van der Waals surface area (Å²) in [6.07, 6.45) is 5.68. The Bertz CT molecular complexity index is 1370. The minimum absolute atomic E-state index is 0.130. The molecule has 0 saturated carbocycles. The smallest absolute Gasteiger partial charge is 0.226 e. The summed E-state index contributed by atoms with van der Waals surface area (Å²) in [6.45, 7) is 2.34. The van der Waals surface area contributed by atoms with E-state index in [1.165, 1.54) is 12.1 Å². The van der Waals surface area contributed by atoms with Gasteiger partial charge >= 0.3 is 0 Å². The molecule has 1 amide bonds. The molecule has 9 heteroatoms. The lowest BCUT2D eigenvalue weighted by molar-refractivity contribution is -0.116. The van der Waals surface area contributed by atoms with E-state index >= 15 is 0 Å². The number of nitrogens with one attached hydrogen (secondary N) is 2. The second-order valence-electron chi connectivity index (χ2n) is 8.59. The van der Waals surface area contributed by atoms with Crippen molar-refractivity contribution in [2.24, 2.45) is 0 Å². The summed E-state index contributed by atoms with van der Waals surface area (Å²) < 4.78 is 16.0. The lowest BCUT2D eigenvalue weighted by Gasteiger charge is -2.28. The quantitative estimate of drug-likeness (QED) is 0.358. The SMILES string of the molecule is Cc1ccc(-n2cccc2[C@@H]2[C@@H](c3ccccn3)NC(=S)N2CCC(=O)Nc2ccccc2F)nc1. The van der Waals surface area contributed by atoms with Crippen molar-refractivity contribution < 1.29 is 9.18 Å². The largest absolute Gasteiger partial charge is 0.352 e. The first-order valence-electron chi connectivity index (χ1n) is 11.6. The first-order chi connectivity index (χ1) is 17.5. The van der Waals surface area contributed by atoms with E-state index in [0.717, 1.165) is 22.8 Å². The van der Waals surface area contributed by atoms with Crippen molar-refractivity contribution in [3.05, 3.63) is 108 Å². The van der Waals surface area contributed by atoms with Crippen LogP contribution in [0.3, 0.4) is 0 Å². The van der Waals surface area contributed by atoms with Crippen LogP contribution in [0.4, 0.5) is 10.1 Å². The van der Waals surface area contributed by atoms with Crippen molar-refractivity contribution in [2.75, 3.05) is 11.9 Å².